The molecule has 1 heterocycles. The summed E-state index contributed by atoms with van der Waals surface area (Å²) >= 11 is 0. The second kappa shape index (κ2) is 9.60. The Morgan fingerprint density at radius 2 is 1.95 bits per heavy atom. The third-order valence-electron chi connectivity index (χ3n) is 3.95. The predicted octanol–water partition coefficient (Wildman–Crippen LogP) is 0.458. The van der Waals surface area contributed by atoms with Crippen LogP contribution in [0.1, 0.15) is 26.7 Å². The van der Waals surface area contributed by atoms with Crippen molar-refractivity contribution in [3.05, 3.63) is 0 Å². The molecule has 0 atom stereocenters. The summed E-state index contributed by atoms with van der Waals surface area (Å²) in [4.78, 5) is 22.1. The Morgan fingerprint density at radius 1 is 1.29 bits per heavy atom. The van der Waals surface area contributed by atoms with Gasteiger partial charge in [-0.05, 0) is 6.42 Å². The van der Waals surface area contributed by atoms with Crippen LogP contribution in [0.3, 0.4) is 0 Å². The van der Waals surface area contributed by atoms with Crippen molar-refractivity contribution in [3.8, 4) is 0 Å². The van der Waals surface area contributed by atoms with Crippen molar-refractivity contribution in [3.63, 3.8) is 0 Å². The summed E-state index contributed by atoms with van der Waals surface area (Å²) in [7, 11) is 3.91. The molecule has 0 aromatic carbocycles. The van der Waals surface area contributed by atoms with Gasteiger partial charge in [0.25, 0.3) is 0 Å². The van der Waals surface area contributed by atoms with E-state index in [-0.39, 0.29) is 5.91 Å². The van der Waals surface area contributed by atoms with Crippen LogP contribution >= 0.6 is 0 Å². The van der Waals surface area contributed by atoms with Crippen LogP contribution in [0.15, 0.2) is 4.99 Å². The number of piperazine rings is 1. The smallest absolute Gasteiger partial charge is 0.219 e. The molecule has 1 aliphatic rings. The zero-order chi connectivity index (χ0) is 15.7. The van der Waals surface area contributed by atoms with Crippen molar-refractivity contribution in [2.45, 2.75) is 26.7 Å². The minimum Gasteiger partial charge on any atom is -0.355 e. The number of amides is 1. The van der Waals surface area contributed by atoms with Gasteiger partial charge in [-0.1, -0.05) is 13.3 Å². The number of carbonyl (C=O) groups excluding carboxylic acids is 1. The fourth-order valence-corrected chi connectivity index (χ4v) is 2.50. The lowest BCUT2D eigenvalue weighted by atomic mass is 10.3. The van der Waals surface area contributed by atoms with Gasteiger partial charge in [-0.3, -0.25) is 14.7 Å². The van der Waals surface area contributed by atoms with E-state index in [1.165, 1.54) is 12.8 Å². The topological polar surface area (TPSA) is 51.2 Å². The van der Waals surface area contributed by atoms with Gasteiger partial charge in [0, 0.05) is 66.8 Å². The van der Waals surface area contributed by atoms with E-state index in [1.54, 1.807) is 6.92 Å². The van der Waals surface area contributed by atoms with E-state index in [1.807, 2.05) is 11.9 Å². The SMILES string of the molecule is CCCCN(C)C(=NC)NCCN1CCN(C(C)=O)CC1. The second-order valence-electron chi connectivity index (χ2n) is 5.60. The van der Waals surface area contributed by atoms with E-state index in [4.69, 9.17) is 0 Å². The van der Waals surface area contributed by atoms with E-state index < -0.39 is 0 Å². The molecule has 0 spiro atoms. The lowest BCUT2D eigenvalue weighted by Gasteiger charge is -2.34. The van der Waals surface area contributed by atoms with Crippen LogP contribution in [0.5, 0.6) is 0 Å². The van der Waals surface area contributed by atoms with Gasteiger partial charge < -0.3 is 15.1 Å². The van der Waals surface area contributed by atoms with Crippen molar-refractivity contribution < 1.29 is 4.79 Å². The van der Waals surface area contributed by atoms with Gasteiger partial charge in [0.05, 0.1) is 0 Å². The molecule has 1 saturated heterocycles. The molecule has 122 valence electrons. The van der Waals surface area contributed by atoms with Crippen LogP contribution in [0.2, 0.25) is 0 Å². The Bertz CT molecular complexity index is 337. The van der Waals surface area contributed by atoms with Gasteiger partial charge >= 0.3 is 0 Å². The number of nitrogens with one attached hydrogen (secondary N) is 1. The highest BCUT2D eigenvalue weighted by atomic mass is 16.2. The molecule has 0 aromatic heterocycles. The van der Waals surface area contributed by atoms with Crippen molar-refractivity contribution >= 4 is 11.9 Å². The molecule has 1 amide bonds. The summed E-state index contributed by atoms with van der Waals surface area (Å²) < 4.78 is 0. The summed E-state index contributed by atoms with van der Waals surface area (Å²) in [5.41, 5.74) is 0. The van der Waals surface area contributed by atoms with Crippen molar-refractivity contribution in [2.75, 3.05) is 59.9 Å². The number of carbonyl (C=O) groups is 1. The summed E-state index contributed by atoms with van der Waals surface area (Å²) in [6, 6.07) is 0. The van der Waals surface area contributed by atoms with Crippen LogP contribution in [-0.2, 0) is 4.79 Å². The lowest BCUT2D eigenvalue weighted by molar-refractivity contribution is -0.130. The fraction of sp³-hybridized carbons (Fsp3) is 0.867. The number of nitrogens with zero attached hydrogens (tertiary/aromatic N) is 4. The molecule has 0 bridgehead atoms. The lowest BCUT2D eigenvalue weighted by Crippen LogP contribution is -2.50. The Hall–Kier alpha value is -1.30. The molecule has 0 radical (unpaired) electrons. The third kappa shape index (κ3) is 6.33. The van der Waals surface area contributed by atoms with E-state index in [0.29, 0.717) is 0 Å². The van der Waals surface area contributed by atoms with Crippen LogP contribution < -0.4 is 5.32 Å². The average Bonchev–Trinajstić information content (AvgIpc) is 2.49. The van der Waals surface area contributed by atoms with Gasteiger partial charge in [0.15, 0.2) is 5.96 Å². The first-order chi connectivity index (χ1) is 10.1. The maximum absolute atomic E-state index is 11.3. The van der Waals surface area contributed by atoms with Crippen molar-refractivity contribution in [1.29, 1.82) is 0 Å². The van der Waals surface area contributed by atoms with Crippen molar-refractivity contribution in [1.82, 2.24) is 20.0 Å². The van der Waals surface area contributed by atoms with E-state index in [0.717, 1.165) is 51.8 Å². The molecule has 6 heteroatoms. The Labute approximate surface area is 129 Å². The minimum absolute atomic E-state index is 0.186. The van der Waals surface area contributed by atoms with Crippen LogP contribution in [0.25, 0.3) is 0 Å². The normalized spacial score (nSPS) is 17.0. The number of rotatable bonds is 6. The first-order valence-corrected chi connectivity index (χ1v) is 7.98. The highest BCUT2D eigenvalue weighted by Gasteiger charge is 2.18. The van der Waals surface area contributed by atoms with Crippen LogP contribution in [-0.4, -0.2) is 86.5 Å². The second-order valence-corrected chi connectivity index (χ2v) is 5.60. The molecule has 0 aliphatic carbocycles. The summed E-state index contributed by atoms with van der Waals surface area (Å²) in [6.07, 6.45) is 2.38. The predicted molar refractivity (Wildman–Crippen MR) is 87.6 cm³/mol. The molecule has 6 nitrogen and oxygen atoms in total. The Kier molecular flexibility index (Phi) is 8.12. The van der Waals surface area contributed by atoms with Gasteiger partial charge in [-0.25, -0.2) is 0 Å². The Balaban J connectivity index is 2.22. The van der Waals surface area contributed by atoms with Gasteiger partial charge in [-0.15, -0.1) is 0 Å². The van der Waals surface area contributed by atoms with E-state index in [2.05, 4.69) is 34.1 Å². The maximum atomic E-state index is 11.3. The maximum Gasteiger partial charge on any atom is 0.219 e. The first-order valence-electron chi connectivity index (χ1n) is 7.98. The summed E-state index contributed by atoms with van der Waals surface area (Å²) in [6.45, 7) is 10.4. The average molecular weight is 297 g/mol. The summed E-state index contributed by atoms with van der Waals surface area (Å²) in [5, 5.41) is 3.41. The van der Waals surface area contributed by atoms with E-state index >= 15 is 0 Å². The van der Waals surface area contributed by atoms with Gasteiger partial charge in [-0.2, -0.15) is 0 Å². The van der Waals surface area contributed by atoms with Crippen molar-refractivity contribution in [2.24, 2.45) is 4.99 Å². The van der Waals surface area contributed by atoms with Crippen LogP contribution in [0.4, 0.5) is 0 Å². The molecular formula is C15H31N5O. The zero-order valence-corrected chi connectivity index (χ0v) is 14.1. The quantitative estimate of drug-likeness (QED) is 0.571. The highest BCUT2D eigenvalue weighted by molar-refractivity contribution is 5.79. The standard InChI is InChI=1S/C15H31N5O/c1-5-6-8-18(4)15(16-3)17-7-9-19-10-12-20(13-11-19)14(2)21/h5-13H2,1-4H3,(H,16,17). The number of guanidine groups is 1. The number of hydrogen-bond donors (Lipinski definition) is 1. The third-order valence-corrected chi connectivity index (χ3v) is 3.95. The summed E-state index contributed by atoms with van der Waals surface area (Å²) in [5.74, 6) is 1.15. The minimum atomic E-state index is 0.186. The Morgan fingerprint density at radius 3 is 2.48 bits per heavy atom. The monoisotopic (exact) mass is 297 g/mol. The van der Waals surface area contributed by atoms with E-state index in [9.17, 15) is 4.79 Å². The molecule has 0 aromatic rings. The molecule has 1 rings (SSSR count). The van der Waals surface area contributed by atoms with Crippen LogP contribution in [0, 0.1) is 0 Å². The molecule has 1 fully saturated rings. The van der Waals surface area contributed by atoms with Gasteiger partial charge in [0.2, 0.25) is 5.91 Å². The zero-order valence-electron chi connectivity index (χ0n) is 14.1. The number of unbranched alkanes of at least 4 members (excludes halogenated alkanes) is 1. The highest BCUT2D eigenvalue weighted by Crippen LogP contribution is 2.01. The molecule has 1 aliphatic heterocycles. The van der Waals surface area contributed by atoms with Gasteiger partial charge in [0.1, 0.15) is 0 Å². The molecular weight excluding hydrogens is 266 g/mol. The molecule has 0 unspecified atom stereocenters. The first kappa shape index (κ1) is 17.8. The largest absolute Gasteiger partial charge is 0.355 e. The molecule has 0 saturated carbocycles. The molecule has 1 N–H and O–H groups in total. The fourth-order valence-electron chi connectivity index (χ4n) is 2.50. The number of aliphatic imine (C=N–C) groups is 1. The number of hydrogen-bond acceptors (Lipinski definition) is 3. The molecule has 21 heavy (non-hydrogen) atoms.